The summed E-state index contributed by atoms with van der Waals surface area (Å²) in [5.74, 6) is -0.174. The summed E-state index contributed by atoms with van der Waals surface area (Å²) >= 11 is 0. The molecule has 2 heteroatoms. The third-order valence-corrected chi connectivity index (χ3v) is 2.48. The highest BCUT2D eigenvalue weighted by Crippen LogP contribution is 2.34. The third kappa shape index (κ3) is 1.57. The van der Waals surface area contributed by atoms with Gasteiger partial charge in [0, 0.05) is 12.8 Å². The van der Waals surface area contributed by atoms with E-state index in [2.05, 4.69) is 6.42 Å². The van der Waals surface area contributed by atoms with E-state index in [-0.39, 0.29) is 5.79 Å². The van der Waals surface area contributed by atoms with Crippen molar-refractivity contribution in [2.75, 3.05) is 13.2 Å². The Kier molecular flexibility index (Phi) is 2.14. The summed E-state index contributed by atoms with van der Waals surface area (Å²) in [6, 6.07) is 0. The van der Waals surface area contributed by atoms with Crippen LogP contribution in [0.1, 0.15) is 32.1 Å². The Morgan fingerprint density at radius 1 is 1.00 bits per heavy atom. The van der Waals surface area contributed by atoms with E-state index in [1.807, 2.05) is 0 Å². The van der Waals surface area contributed by atoms with Crippen molar-refractivity contribution in [3.8, 4) is 0 Å². The van der Waals surface area contributed by atoms with Crippen LogP contribution in [0.3, 0.4) is 0 Å². The van der Waals surface area contributed by atoms with Crippen LogP contribution in [-0.2, 0) is 9.47 Å². The molecule has 1 radical (unpaired) electrons. The zero-order valence-electron chi connectivity index (χ0n) is 6.84. The number of rotatable bonds is 0. The largest absolute Gasteiger partial charge is 0.350 e. The average molecular weight is 155 g/mol. The normalized spacial score (nSPS) is 30.5. The molecule has 1 aliphatic heterocycles. The van der Waals surface area contributed by atoms with Crippen LogP contribution in [0.4, 0.5) is 0 Å². The average Bonchev–Trinajstić information content (AvgIpc) is 2.07. The van der Waals surface area contributed by atoms with Gasteiger partial charge in [0.25, 0.3) is 0 Å². The fraction of sp³-hybridized carbons (Fsp3) is 0.889. The van der Waals surface area contributed by atoms with Crippen molar-refractivity contribution in [3.05, 3.63) is 6.42 Å². The Morgan fingerprint density at radius 2 is 1.64 bits per heavy atom. The van der Waals surface area contributed by atoms with Gasteiger partial charge in [0.05, 0.1) is 13.2 Å². The molecule has 2 nitrogen and oxygen atoms in total. The molecule has 0 unspecified atom stereocenters. The minimum Gasteiger partial charge on any atom is -0.350 e. The number of hydrogen-bond donors (Lipinski definition) is 0. The molecule has 0 N–H and O–H groups in total. The Labute approximate surface area is 67.9 Å². The molecule has 1 saturated heterocycles. The van der Waals surface area contributed by atoms with Crippen molar-refractivity contribution in [2.24, 2.45) is 0 Å². The van der Waals surface area contributed by atoms with Crippen LogP contribution in [0.2, 0.25) is 0 Å². The lowest BCUT2D eigenvalue weighted by molar-refractivity contribution is -0.276. The minimum atomic E-state index is -0.174. The molecule has 63 valence electrons. The molecule has 1 aliphatic carbocycles. The van der Waals surface area contributed by atoms with E-state index in [0.29, 0.717) is 0 Å². The van der Waals surface area contributed by atoms with Gasteiger partial charge in [0.2, 0.25) is 0 Å². The summed E-state index contributed by atoms with van der Waals surface area (Å²) in [5.41, 5.74) is 0. The molecular weight excluding hydrogens is 140 g/mol. The quantitative estimate of drug-likeness (QED) is 0.532. The predicted molar refractivity (Wildman–Crippen MR) is 42.0 cm³/mol. The maximum absolute atomic E-state index is 5.66. The summed E-state index contributed by atoms with van der Waals surface area (Å²) in [7, 11) is 0. The molecule has 0 aromatic heterocycles. The highest BCUT2D eigenvalue weighted by molar-refractivity contribution is 4.84. The SMILES string of the molecule is [CH]1CCC2(CC1)OCCCO2. The van der Waals surface area contributed by atoms with E-state index in [1.165, 1.54) is 0 Å². The van der Waals surface area contributed by atoms with Crippen LogP contribution in [0.15, 0.2) is 0 Å². The topological polar surface area (TPSA) is 18.5 Å². The van der Waals surface area contributed by atoms with Crippen LogP contribution in [0.5, 0.6) is 0 Å². The van der Waals surface area contributed by atoms with Gasteiger partial charge in [-0.25, -0.2) is 0 Å². The maximum Gasteiger partial charge on any atom is 0.168 e. The summed E-state index contributed by atoms with van der Waals surface area (Å²) in [5, 5.41) is 0. The molecule has 1 saturated carbocycles. The molecule has 1 spiro atoms. The van der Waals surface area contributed by atoms with Crippen molar-refractivity contribution in [3.63, 3.8) is 0 Å². The van der Waals surface area contributed by atoms with Gasteiger partial charge in [0.15, 0.2) is 5.79 Å². The van der Waals surface area contributed by atoms with Crippen LogP contribution in [0, 0.1) is 6.42 Å². The fourth-order valence-electron chi connectivity index (χ4n) is 1.82. The maximum atomic E-state index is 5.66. The smallest absolute Gasteiger partial charge is 0.168 e. The first-order chi connectivity index (χ1) is 5.41. The standard InChI is InChI=1S/C9H15O2/c1-2-5-9(6-3-1)10-7-4-8-11-9/h1H,2-8H2. The van der Waals surface area contributed by atoms with Gasteiger partial charge in [-0.1, -0.05) is 0 Å². The van der Waals surface area contributed by atoms with Crippen LogP contribution < -0.4 is 0 Å². The molecule has 11 heavy (non-hydrogen) atoms. The van der Waals surface area contributed by atoms with Gasteiger partial charge < -0.3 is 9.47 Å². The Balaban J connectivity index is 1.94. The summed E-state index contributed by atoms with van der Waals surface area (Å²) in [6.45, 7) is 1.78. The van der Waals surface area contributed by atoms with Gasteiger partial charge in [-0.2, -0.15) is 0 Å². The fourth-order valence-corrected chi connectivity index (χ4v) is 1.82. The highest BCUT2D eigenvalue weighted by atomic mass is 16.7. The van der Waals surface area contributed by atoms with E-state index < -0.39 is 0 Å². The number of hydrogen-bond acceptors (Lipinski definition) is 2. The van der Waals surface area contributed by atoms with Gasteiger partial charge in [-0.05, 0) is 25.7 Å². The van der Waals surface area contributed by atoms with Crippen molar-refractivity contribution in [1.82, 2.24) is 0 Å². The molecule has 0 bridgehead atoms. The lowest BCUT2D eigenvalue weighted by Gasteiger charge is -2.39. The van der Waals surface area contributed by atoms with Crippen LogP contribution in [0.25, 0.3) is 0 Å². The lowest BCUT2D eigenvalue weighted by Crippen LogP contribution is -2.42. The minimum absolute atomic E-state index is 0.174. The van der Waals surface area contributed by atoms with E-state index in [1.54, 1.807) is 0 Å². The summed E-state index contributed by atoms with van der Waals surface area (Å²) in [4.78, 5) is 0. The lowest BCUT2D eigenvalue weighted by atomic mass is 9.93. The van der Waals surface area contributed by atoms with E-state index in [4.69, 9.17) is 9.47 Å². The van der Waals surface area contributed by atoms with Crippen molar-refractivity contribution in [2.45, 2.75) is 37.9 Å². The zero-order valence-corrected chi connectivity index (χ0v) is 6.84. The molecule has 0 atom stereocenters. The van der Waals surface area contributed by atoms with Gasteiger partial charge in [-0.15, -0.1) is 0 Å². The van der Waals surface area contributed by atoms with E-state index in [0.717, 1.165) is 45.3 Å². The van der Waals surface area contributed by atoms with Gasteiger partial charge in [-0.3, -0.25) is 0 Å². The van der Waals surface area contributed by atoms with Gasteiger partial charge >= 0.3 is 0 Å². The highest BCUT2D eigenvalue weighted by Gasteiger charge is 2.35. The number of ether oxygens (including phenoxy) is 2. The monoisotopic (exact) mass is 155 g/mol. The first-order valence-corrected chi connectivity index (χ1v) is 4.51. The predicted octanol–water partition coefficient (Wildman–Crippen LogP) is 1.90. The van der Waals surface area contributed by atoms with E-state index in [9.17, 15) is 0 Å². The Hall–Kier alpha value is -0.0800. The van der Waals surface area contributed by atoms with Crippen LogP contribution in [-0.4, -0.2) is 19.0 Å². The zero-order chi connectivity index (χ0) is 7.57. The first-order valence-electron chi connectivity index (χ1n) is 4.51. The molecular formula is C9H15O2. The molecule has 2 aliphatic rings. The molecule has 0 aromatic carbocycles. The second-order valence-electron chi connectivity index (χ2n) is 3.33. The molecule has 0 amide bonds. The van der Waals surface area contributed by atoms with Crippen molar-refractivity contribution < 1.29 is 9.47 Å². The molecule has 1 heterocycles. The van der Waals surface area contributed by atoms with E-state index >= 15 is 0 Å². The van der Waals surface area contributed by atoms with Crippen molar-refractivity contribution >= 4 is 0 Å². The Morgan fingerprint density at radius 3 is 2.27 bits per heavy atom. The summed E-state index contributed by atoms with van der Waals surface area (Å²) in [6.07, 6.45) is 7.82. The molecule has 0 aromatic rings. The van der Waals surface area contributed by atoms with Crippen LogP contribution >= 0.6 is 0 Å². The van der Waals surface area contributed by atoms with Crippen molar-refractivity contribution in [1.29, 1.82) is 0 Å². The first kappa shape index (κ1) is 7.56. The van der Waals surface area contributed by atoms with Gasteiger partial charge in [0.1, 0.15) is 0 Å². The second-order valence-corrected chi connectivity index (χ2v) is 3.33. The second kappa shape index (κ2) is 3.11. The molecule has 2 rings (SSSR count). The molecule has 2 fully saturated rings. The summed E-state index contributed by atoms with van der Waals surface area (Å²) < 4.78 is 11.3. The third-order valence-electron chi connectivity index (χ3n) is 2.48. The Bertz CT molecular complexity index is 102.